The van der Waals surface area contributed by atoms with E-state index in [0.717, 1.165) is 11.8 Å². The highest BCUT2D eigenvalue weighted by atomic mass is 27.2. The second kappa shape index (κ2) is 5.42. The Balaban J connectivity index is 4.20. The average molecular weight is 198 g/mol. The number of rotatable bonds is 4. The van der Waals surface area contributed by atoms with Crippen LogP contribution in [0.1, 0.15) is 48.5 Å². The molecule has 1 heteroatoms. The van der Waals surface area contributed by atoms with Gasteiger partial charge in [-0.3, -0.25) is 0 Å². The number of hydrogen-bond donors (Lipinski definition) is 0. The van der Waals surface area contributed by atoms with Crippen molar-refractivity contribution >= 4 is 14.1 Å². The zero-order chi connectivity index (χ0) is 10.6. The van der Waals surface area contributed by atoms with Crippen LogP contribution in [0.5, 0.6) is 0 Å². The minimum atomic E-state index is -0.538. The van der Waals surface area contributed by atoms with Gasteiger partial charge in [0.15, 0.2) is 0 Å². The minimum Gasteiger partial charge on any atom is -0.219 e. The van der Waals surface area contributed by atoms with E-state index in [9.17, 15) is 0 Å². The summed E-state index contributed by atoms with van der Waals surface area (Å²) in [5.74, 6) is 1.80. The second-order valence-corrected chi connectivity index (χ2v) is 10.4. The summed E-state index contributed by atoms with van der Waals surface area (Å²) in [4.78, 5) is 0. The standard InChI is InChI=1S/3C4H9.Al/c3*1-4(2)3;/h1-3H3;2*4H,1H2,2-3H3;/q;;;-1. The van der Waals surface area contributed by atoms with E-state index in [4.69, 9.17) is 0 Å². The summed E-state index contributed by atoms with van der Waals surface area (Å²) in [7, 11) is 0. The average Bonchev–Trinajstić information content (AvgIpc) is 1.81. The summed E-state index contributed by atoms with van der Waals surface area (Å²) >= 11 is -0.538. The highest BCUT2D eigenvalue weighted by Crippen LogP contribution is 2.35. The highest BCUT2D eigenvalue weighted by Gasteiger charge is 2.17. The Kier molecular flexibility index (Phi) is 5.64. The zero-order valence-corrected chi connectivity index (χ0v) is 11.8. The Labute approximate surface area is 89.5 Å². The summed E-state index contributed by atoms with van der Waals surface area (Å²) in [6.07, 6.45) is 0. The molecule has 0 aromatic heterocycles. The fraction of sp³-hybridized carbons (Fsp3) is 1.00. The van der Waals surface area contributed by atoms with Crippen LogP contribution >= 0.6 is 0 Å². The largest absolute Gasteiger partial charge is 0.219 e. The third kappa shape index (κ3) is 6.58. The summed E-state index contributed by atoms with van der Waals surface area (Å²) in [5.41, 5.74) is 0. The molecule has 0 unspecified atom stereocenters. The Bertz CT molecular complexity index is 121. The van der Waals surface area contributed by atoms with Crippen molar-refractivity contribution in [2.24, 2.45) is 11.8 Å². The van der Waals surface area contributed by atoms with Crippen LogP contribution in [0.25, 0.3) is 0 Å². The minimum absolute atomic E-state index is 0.538. The van der Waals surface area contributed by atoms with Gasteiger partial charge in [-0.25, -0.2) is 14.8 Å². The van der Waals surface area contributed by atoms with Crippen molar-refractivity contribution in [3.63, 3.8) is 0 Å². The van der Waals surface area contributed by atoms with Gasteiger partial charge in [-0.2, -0.15) is 0 Å². The molecule has 0 fully saturated rings. The number of hydrogen-bond acceptors (Lipinski definition) is 0. The topological polar surface area (TPSA) is 0 Å². The van der Waals surface area contributed by atoms with Crippen molar-refractivity contribution in [2.45, 2.75) is 63.3 Å². The van der Waals surface area contributed by atoms with Crippen LogP contribution in [-0.2, 0) is 0 Å². The van der Waals surface area contributed by atoms with Gasteiger partial charge in [0, 0.05) is 0 Å². The van der Waals surface area contributed by atoms with E-state index in [1.165, 1.54) is 10.6 Å². The van der Waals surface area contributed by atoms with Crippen LogP contribution in [-0.4, -0.2) is 14.1 Å². The molecule has 0 saturated heterocycles. The molecule has 0 nitrogen and oxygen atoms in total. The molecule has 0 aromatic carbocycles. The van der Waals surface area contributed by atoms with Gasteiger partial charge >= 0.3 is 0 Å². The molecule has 0 heterocycles. The van der Waals surface area contributed by atoms with Gasteiger partial charge in [0.25, 0.3) is 0 Å². The van der Waals surface area contributed by atoms with Crippen LogP contribution < -0.4 is 0 Å². The maximum absolute atomic E-state index is 2.44. The summed E-state index contributed by atoms with van der Waals surface area (Å²) in [6, 6.07) is 0. The second-order valence-electron chi connectivity index (χ2n) is 6.32. The molecule has 0 aliphatic heterocycles. The molecule has 13 heavy (non-hydrogen) atoms. The fourth-order valence-corrected chi connectivity index (χ4v) is 5.82. The van der Waals surface area contributed by atoms with Gasteiger partial charge < -0.3 is 0 Å². The molecule has 1 radical (unpaired) electrons. The third-order valence-electron chi connectivity index (χ3n) is 2.74. The summed E-state index contributed by atoms with van der Waals surface area (Å²) in [6.45, 7) is 16.8. The fourth-order valence-electron chi connectivity index (χ4n) is 1.94. The molecule has 0 N–H and O–H groups in total. The molecular weight excluding hydrogens is 171 g/mol. The van der Waals surface area contributed by atoms with Crippen LogP contribution in [0.4, 0.5) is 0 Å². The van der Waals surface area contributed by atoms with Crippen molar-refractivity contribution in [3.8, 4) is 0 Å². The van der Waals surface area contributed by atoms with Gasteiger partial charge in [0.05, 0.1) is 0 Å². The third-order valence-corrected chi connectivity index (χ3v) is 8.21. The molecule has 0 atom stereocenters. The SMILES string of the molecule is CC(C)[CH2][Al-]([CH2]C(C)C)[C](C)(C)C. The predicted octanol–water partition coefficient (Wildman–Crippen LogP) is 4.59. The quantitative estimate of drug-likeness (QED) is 0.579. The molecular formula is C12H27Al-. The summed E-state index contributed by atoms with van der Waals surface area (Å²) in [5, 5.41) is 3.03. The molecule has 79 valence electrons. The Hall–Kier alpha value is 0.532. The van der Waals surface area contributed by atoms with E-state index in [1.807, 2.05) is 0 Å². The van der Waals surface area contributed by atoms with Crippen LogP contribution in [0.2, 0.25) is 14.8 Å². The first-order chi connectivity index (χ1) is 5.73. The van der Waals surface area contributed by atoms with Gasteiger partial charge in [-0.15, -0.1) is 0 Å². The van der Waals surface area contributed by atoms with Crippen molar-refractivity contribution in [2.75, 3.05) is 0 Å². The van der Waals surface area contributed by atoms with E-state index in [-0.39, 0.29) is 0 Å². The molecule has 0 aliphatic rings. The lowest BCUT2D eigenvalue weighted by Gasteiger charge is -2.42. The lowest BCUT2D eigenvalue weighted by molar-refractivity contribution is 0.635. The molecule has 0 saturated carbocycles. The normalized spacial score (nSPS) is 13.4. The highest BCUT2D eigenvalue weighted by molar-refractivity contribution is 6.62. The van der Waals surface area contributed by atoms with E-state index in [0.29, 0.717) is 4.28 Å². The van der Waals surface area contributed by atoms with Crippen LogP contribution in [0, 0.1) is 11.8 Å². The van der Waals surface area contributed by atoms with E-state index >= 15 is 0 Å². The molecule has 0 bridgehead atoms. The van der Waals surface area contributed by atoms with Crippen molar-refractivity contribution < 1.29 is 0 Å². The lowest BCUT2D eigenvalue weighted by atomic mass is 10.2. The maximum Gasteiger partial charge on any atom is -0.0240 e. The molecule has 0 spiro atoms. The van der Waals surface area contributed by atoms with Crippen LogP contribution in [0.3, 0.4) is 0 Å². The Morgan fingerprint density at radius 2 is 1.15 bits per heavy atom. The Morgan fingerprint density at radius 3 is 1.31 bits per heavy atom. The molecule has 0 rings (SSSR count). The van der Waals surface area contributed by atoms with Gasteiger partial charge in [-0.05, 0) is 14.1 Å². The van der Waals surface area contributed by atoms with E-state index in [1.54, 1.807) is 0 Å². The van der Waals surface area contributed by atoms with Crippen molar-refractivity contribution in [1.29, 1.82) is 0 Å². The first-order valence-electron chi connectivity index (χ1n) is 5.73. The van der Waals surface area contributed by atoms with E-state index in [2.05, 4.69) is 48.5 Å². The van der Waals surface area contributed by atoms with Gasteiger partial charge in [-0.1, -0.05) is 60.3 Å². The van der Waals surface area contributed by atoms with Crippen molar-refractivity contribution in [3.05, 3.63) is 0 Å². The lowest BCUT2D eigenvalue weighted by Crippen LogP contribution is -2.28. The molecule has 0 amide bonds. The zero-order valence-electron chi connectivity index (χ0n) is 10.6. The molecule has 0 aliphatic carbocycles. The molecule has 0 aromatic rings. The van der Waals surface area contributed by atoms with Crippen molar-refractivity contribution in [1.82, 2.24) is 0 Å². The smallest absolute Gasteiger partial charge is 0.0240 e. The van der Waals surface area contributed by atoms with Crippen LogP contribution in [0.15, 0.2) is 0 Å². The predicted molar refractivity (Wildman–Crippen MR) is 64.8 cm³/mol. The van der Waals surface area contributed by atoms with Gasteiger partial charge in [0.1, 0.15) is 0 Å². The van der Waals surface area contributed by atoms with Gasteiger partial charge in [0.2, 0.25) is 0 Å². The monoisotopic (exact) mass is 198 g/mol. The van der Waals surface area contributed by atoms with E-state index < -0.39 is 14.1 Å². The summed E-state index contributed by atoms with van der Waals surface area (Å²) < 4.78 is 0.620. The maximum atomic E-state index is 2.44. The Morgan fingerprint density at radius 1 is 0.846 bits per heavy atom. The first-order valence-corrected chi connectivity index (χ1v) is 7.94. The first kappa shape index (κ1) is 13.5.